The third kappa shape index (κ3) is 5.90. The second-order valence-corrected chi connectivity index (χ2v) is 6.74. The van der Waals surface area contributed by atoms with Crippen LogP contribution in [0.15, 0.2) is 53.4 Å². The molecule has 0 heterocycles. The highest BCUT2D eigenvalue weighted by Gasteiger charge is 2.19. The van der Waals surface area contributed by atoms with Crippen molar-refractivity contribution in [2.75, 3.05) is 5.75 Å². The average Bonchev–Trinajstić information content (AvgIpc) is 2.56. The van der Waals surface area contributed by atoms with Crippen LogP contribution in [0.4, 0.5) is 4.39 Å². The molecule has 0 aliphatic rings. The van der Waals surface area contributed by atoms with Gasteiger partial charge in [0.25, 0.3) is 0 Å². The molecular weight excluding hydrogens is 341 g/mol. The number of carbonyl (C=O) groups excluding carboxylic acids is 1. The molecule has 2 aromatic rings. The summed E-state index contributed by atoms with van der Waals surface area (Å²) in [5, 5.41) is 11.9. The Labute approximate surface area is 150 Å². The molecule has 0 aliphatic carbocycles. The quantitative estimate of drug-likeness (QED) is 0.699. The van der Waals surface area contributed by atoms with Gasteiger partial charge in [0.05, 0.1) is 12.5 Å². The highest BCUT2D eigenvalue weighted by atomic mass is 32.2. The molecule has 0 bridgehead atoms. The van der Waals surface area contributed by atoms with E-state index in [9.17, 15) is 14.0 Å². The molecule has 0 aliphatic heterocycles. The Hall–Kier alpha value is -2.34. The van der Waals surface area contributed by atoms with Gasteiger partial charge in [0.15, 0.2) is 0 Å². The molecule has 0 saturated carbocycles. The highest BCUT2D eigenvalue weighted by Crippen LogP contribution is 2.23. The lowest BCUT2D eigenvalue weighted by Crippen LogP contribution is -2.30. The third-order valence-electron chi connectivity index (χ3n) is 3.70. The number of hydrogen-bond donors (Lipinski definition) is 2. The van der Waals surface area contributed by atoms with E-state index in [2.05, 4.69) is 5.32 Å². The second kappa shape index (κ2) is 9.22. The number of hydrogen-bond acceptors (Lipinski definition) is 3. The van der Waals surface area contributed by atoms with Crippen molar-refractivity contribution in [3.05, 3.63) is 65.5 Å². The summed E-state index contributed by atoms with van der Waals surface area (Å²) in [5.74, 6) is -1.12. The van der Waals surface area contributed by atoms with Crippen LogP contribution in [0.3, 0.4) is 0 Å². The minimum Gasteiger partial charge on any atom is -0.481 e. The van der Waals surface area contributed by atoms with Crippen molar-refractivity contribution >= 4 is 23.6 Å². The maximum absolute atomic E-state index is 13.5. The highest BCUT2D eigenvalue weighted by molar-refractivity contribution is 7.99. The summed E-state index contributed by atoms with van der Waals surface area (Å²) >= 11 is 1.26. The first-order valence-electron chi connectivity index (χ1n) is 7.91. The molecule has 1 unspecified atom stereocenters. The smallest absolute Gasteiger partial charge is 0.305 e. The van der Waals surface area contributed by atoms with E-state index in [0.717, 1.165) is 11.1 Å². The number of nitrogens with one attached hydrogen (secondary N) is 1. The Morgan fingerprint density at radius 2 is 1.84 bits per heavy atom. The molecule has 1 amide bonds. The molecule has 6 heteroatoms. The molecule has 2 rings (SSSR count). The molecule has 0 spiro atoms. The number of carboxylic acids is 1. The molecule has 0 aromatic heterocycles. The number of aliphatic carboxylic acids is 1. The molecule has 0 saturated heterocycles. The van der Waals surface area contributed by atoms with Gasteiger partial charge >= 0.3 is 5.97 Å². The molecular formula is C19H20FNO3S. The molecule has 25 heavy (non-hydrogen) atoms. The van der Waals surface area contributed by atoms with E-state index in [1.165, 1.54) is 17.8 Å². The number of aryl methyl sites for hydroxylation is 1. The summed E-state index contributed by atoms with van der Waals surface area (Å²) in [5.41, 5.74) is 1.72. The number of thioether (sulfide) groups is 1. The van der Waals surface area contributed by atoms with Gasteiger partial charge in [0, 0.05) is 17.1 Å². The molecule has 2 aromatic carbocycles. The molecule has 2 N–H and O–H groups in total. The first-order chi connectivity index (χ1) is 12.0. The van der Waals surface area contributed by atoms with Crippen molar-refractivity contribution in [2.24, 2.45) is 0 Å². The van der Waals surface area contributed by atoms with Gasteiger partial charge in [-0.2, -0.15) is 0 Å². The summed E-state index contributed by atoms with van der Waals surface area (Å²) in [6, 6.07) is 13.2. The predicted molar refractivity (Wildman–Crippen MR) is 96.1 cm³/mol. The standard InChI is InChI=1S/C19H20FNO3S/c1-13-6-2-3-7-14(13)16(12-19(23)24)21-18(22)10-11-25-17-9-5-4-8-15(17)20/h2-9,16H,10-12H2,1H3,(H,21,22)(H,23,24). The molecule has 1 atom stereocenters. The summed E-state index contributed by atoms with van der Waals surface area (Å²) in [6.07, 6.45) is -0.00193. The van der Waals surface area contributed by atoms with E-state index >= 15 is 0 Å². The summed E-state index contributed by atoms with van der Waals surface area (Å²) in [4.78, 5) is 23.8. The monoisotopic (exact) mass is 361 g/mol. The maximum atomic E-state index is 13.5. The first kappa shape index (κ1) is 19.0. The Morgan fingerprint density at radius 1 is 1.16 bits per heavy atom. The van der Waals surface area contributed by atoms with Crippen LogP contribution in [0.2, 0.25) is 0 Å². The van der Waals surface area contributed by atoms with Crippen LogP contribution in [-0.4, -0.2) is 22.7 Å². The van der Waals surface area contributed by atoms with E-state index in [0.29, 0.717) is 10.6 Å². The SMILES string of the molecule is Cc1ccccc1C(CC(=O)O)NC(=O)CCSc1ccccc1F. The van der Waals surface area contributed by atoms with Gasteiger partial charge in [0.2, 0.25) is 5.91 Å². The minimum absolute atomic E-state index is 0.182. The largest absolute Gasteiger partial charge is 0.481 e. The lowest BCUT2D eigenvalue weighted by Gasteiger charge is -2.19. The van der Waals surface area contributed by atoms with E-state index in [4.69, 9.17) is 5.11 Å². The normalized spacial score (nSPS) is 11.8. The number of halogens is 1. The van der Waals surface area contributed by atoms with Crippen LogP contribution in [0.1, 0.15) is 30.0 Å². The van der Waals surface area contributed by atoms with Crippen molar-refractivity contribution < 1.29 is 19.1 Å². The fourth-order valence-corrected chi connectivity index (χ4v) is 3.36. The lowest BCUT2D eigenvalue weighted by atomic mass is 9.98. The zero-order valence-corrected chi connectivity index (χ0v) is 14.7. The van der Waals surface area contributed by atoms with Gasteiger partial charge in [-0.15, -0.1) is 11.8 Å². The number of benzene rings is 2. The Kier molecular flexibility index (Phi) is 7.01. The van der Waals surface area contributed by atoms with Gasteiger partial charge < -0.3 is 10.4 Å². The maximum Gasteiger partial charge on any atom is 0.305 e. The molecule has 132 valence electrons. The van der Waals surface area contributed by atoms with Crippen LogP contribution in [0.5, 0.6) is 0 Å². The minimum atomic E-state index is -0.978. The van der Waals surface area contributed by atoms with Crippen LogP contribution < -0.4 is 5.32 Å². The van der Waals surface area contributed by atoms with Crippen molar-refractivity contribution in [3.8, 4) is 0 Å². The van der Waals surface area contributed by atoms with Crippen LogP contribution >= 0.6 is 11.8 Å². The fraction of sp³-hybridized carbons (Fsp3) is 0.263. The van der Waals surface area contributed by atoms with Crippen molar-refractivity contribution in [3.63, 3.8) is 0 Å². The molecule has 0 fully saturated rings. The van der Waals surface area contributed by atoms with Gasteiger partial charge in [0.1, 0.15) is 5.82 Å². The van der Waals surface area contributed by atoms with Gasteiger partial charge in [-0.3, -0.25) is 9.59 Å². The van der Waals surface area contributed by atoms with E-state index < -0.39 is 12.0 Å². The predicted octanol–water partition coefficient (Wildman–Crippen LogP) is 3.95. The topological polar surface area (TPSA) is 66.4 Å². The van der Waals surface area contributed by atoms with Crippen LogP contribution in [-0.2, 0) is 9.59 Å². The summed E-state index contributed by atoms with van der Waals surface area (Å²) < 4.78 is 13.5. The first-order valence-corrected chi connectivity index (χ1v) is 8.90. The van der Waals surface area contributed by atoms with Crippen molar-refractivity contribution in [2.45, 2.75) is 30.7 Å². The van der Waals surface area contributed by atoms with E-state index in [1.807, 2.05) is 31.2 Å². The summed E-state index contributed by atoms with van der Waals surface area (Å²) in [7, 11) is 0. The van der Waals surface area contributed by atoms with Crippen molar-refractivity contribution in [1.82, 2.24) is 5.32 Å². The zero-order valence-electron chi connectivity index (χ0n) is 13.9. The number of rotatable bonds is 8. The van der Waals surface area contributed by atoms with Crippen LogP contribution in [0.25, 0.3) is 0 Å². The Bertz CT molecular complexity index is 751. The van der Waals surface area contributed by atoms with Crippen LogP contribution in [0, 0.1) is 12.7 Å². The Balaban J connectivity index is 1.94. The van der Waals surface area contributed by atoms with Gasteiger partial charge in [-0.25, -0.2) is 4.39 Å². The number of amides is 1. The summed E-state index contributed by atoms with van der Waals surface area (Å²) in [6.45, 7) is 1.88. The van der Waals surface area contributed by atoms with Gasteiger partial charge in [-0.05, 0) is 30.2 Å². The zero-order chi connectivity index (χ0) is 18.2. The third-order valence-corrected chi connectivity index (χ3v) is 4.75. The Morgan fingerprint density at radius 3 is 2.52 bits per heavy atom. The number of carboxylic acid groups (broad SMARTS) is 1. The average molecular weight is 361 g/mol. The molecule has 0 radical (unpaired) electrons. The van der Waals surface area contributed by atoms with Gasteiger partial charge in [-0.1, -0.05) is 36.4 Å². The lowest BCUT2D eigenvalue weighted by molar-refractivity contribution is -0.137. The van der Waals surface area contributed by atoms with Crippen molar-refractivity contribution in [1.29, 1.82) is 0 Å². The second-order valence-electron chi connectivity index (χ2n) is 5.60. The van der Waals surface area contributed by atoms with E-state index in [-0.39, 0.29) is 24.6 Å². The van der Waals surface area contributed by atoms with E-state index in [1.54, 1.807) is 18.2 Å². The number of carbonyl (C=O) groups is 2. The fourth-order valence-electron chi connectivity index (χ4n) is 2.47. The molecule has 4 nitrogen and oxygen atoms in total.